The maximum Gasteiger partial charge on any atom is 0.253 e. The molecule has 1 aromatic carbocycles. The van der Waals surface area contributed by atoms with E-state index >= 15 is 0 Å². The smallest absolute Gasteiger partial charge is 0.253 e. The molecule has 5 nitrogen and oxygen atoms in total. The van der Waals surface area contributed by atoms with Crippen molar-refractivity contribution in [3.8, 4) is 0 Å². The van der Waals surface area contributed by atoms with Crippen molar-refractivity contribution in [1.82, 2.24) is 15.1 Å². The van der Waals surface area contributed by atoms with Crippen LogP contribution >= 0.6 is 0 Å². The van der Waals surface area contributed by atoms with Crippen molar-refractivity contribution < 1.29 is 4.79 Å². The summed E-state index contributed by atoms with van der Waals surface area (Å²) in [7, 11) is 0. The van der Waals surface area contributed by atoms with Crippen LogP contribution in [0.25, 0.3) is 0 Å². The molecule has 1 fully saturated rings. The van der Waals surface area contributed by atoms with Gasteiger partial charge in [-0.3, -0.25) is 9.48 Å². The molecule has 0 spiro atoms. The van der Waals surface area contributed by atoms with Gasteiger partial charge in [0.2, 0.25) is 0 Å². The molecule has 2 aliphatic rings. The maximum atomic E-state index is 12.1. The molecule has 1 aromatic heterocycles. The zero-order valence-corrected chi connectivity index (χ0v) is 12.5. The van der Waals surface area contributed by atoms with Crippen molar-refractivity contribution in [3.63, 3.8) is 0 Å². The molecule has 114 valence electrons. The van der Waals surface area contributed by atoms with Crippen LogP contribution in [-0.4, -0.2) is 28.8 Å². The number of amides is 1. The van der Waals surface area contributed by atoms with Crippen molar-refractivity contribution in [1.29, 1.82) is 0 Å². The summed E-state index contributed by atoms with van der Waals surface area (Å²) >= 11 is 0. The number of benzene rings is 1. The van der Waals surface area contributed by atoms with E-state index in [9.17, 15) is 4.79 Å². The summed E-state index contributed by atoms with van der Waals surface area (Å²) in [6, 6.07) is 9.92. The van der Waals surface area contributed by atoms with E-state index in [2.05, 4.69) is 26.1 Å². The molecule has 4 rings (SSSR count). The van der Waals surface area contributed by atoms with Crippen LogP contribution in [-0.2, 0) is 13.1 Å². The first-order valence-corrected chi connectivity index (χ1v) is 7.94. The van der Waals surface area contributed by atoms with Crippen LogP contribution in [0, 0.1) is 5.92 Å². The Morgan fingerprint density at radius 1 is 1.23 bits per heavy atom. The Labute approximate surface area is 129 Å². The zero-order valence-electron chi connectivity index (χ0n) is 12.5. The Bertz CT molecular complexity index is 689. The number of rotatable bonds is 4. The van der Waals surface area contributed by atoms with E-state index in [4.69, 9.17) is 0 Å². The Balaban J connectivity index is 1.61. The van der Waals surface area contributed by atoms with E-state index in [1.165, 1.54) is 18.5 Å². The lowest BCUT2D eigenvalue weighted by atomic mass is 10.1. The number of nitrogens with one attached hydrogen (secondary N) is 1. The van der Waals surface area contributed by atoms with Gasteiger partial charge in [0.25, 0.3) is 5.91 Å². The van der Waals surface area contributed by atoms with E-state index in [-0.39, 0.29) is 5.91 Å². The summed E-state index contributed by atoms with van der Waals surface area (Å²) in [5, 5.41) is 7.43. The lowest BCUT2D eigenvalue weighted by Crippen LogP contribution is -2.30. The first-order valence-electron chi connectivity index (χ1n) is 7.94. The Kier molecular flexibility index (Phi) is 3.33. The number of anilines is 1. The molecule has 0 bridgehead atoms. The van der Waals surface area contributed by atoms with Gasteiger partial charge in [-0.25, -0.2) is 0 Å². The number of aromatic nitrogens is 2. The van der Waals surface area contributed by atoms with Gasteiger partial charge in [-0.05, 0) is 37.0 Å². The molecule has 0 unspecified atom stereocenters. The highest BCUT2D eigenvalue weighted by atomic mass is 16.1. The van der Waals surface area contributed by atoms with Crippen molar-refractivity contribution in [2.75, 3.05) is 18.0 Å². The number of carbonyl (C=O) groups is 1. The van der Waals surface area contributed by atoms with E-state index in [1.807, 2.05) is 30.5 Å². The molecular weight excluding hydrogens is 276 g/mol. The minimum absolute atomic E-state index is 0.0181. The van der Waals surface area contributed by atoms with E-state index in [0.717, 1.165) is 36.8 Å². The van der Waals surface area contributed by atoms with Gasteiger partial charge >= 0.3 is 0 Å². The monoisotopic (exact) mass is 296 g/mol. The van der Waals surface area contributed by atoms with Crippen LogP contribution in [0.5, 0.6) is 0 Å². The number of nitrogens with zero attached hydrogens (tertiary/aromatic N) is 3. The second-order valence-electron chi connectivity index (χ2n) is 6.14. The fourth-order valence-electron chi connectivity index (χ4n) is 3.03. The molecule has 1 amide bonds. The summed E-state index contributed by atoms with van der Waals surface area (Å²) in [4.78, 5) is 14.4. The summed E-state index contributed by atoms with van der Waals surface area (Å²) in [6.45, 7) is 3.30. The number of fused-ring (bicyclic) bond motifs is 1. The number of hydrogen-bond donors (Lipinski definition) is 1. The Morgan fingerprint density at radius 2 is 2.09 bits per heavy atom. The van der Waals surface area contributed by atoms with Crippen molar-refractivity contribution in [2.24, 2.45) is 5.92 Å². The van der Waals surface area contributed by atoms with Gasteiger partial charge in [-0.15, -0.1) is 0 Å². The SMILES string of the molecule is O=C1NCCN(Cc2ccnn2CC2CC2)c2ccccc21. The Hall–Kier alpha value is -2.30. The first kappa shape index (κ1) is 13.4. The highest BCUT2D eigenvalue weighted by Crippen LogP contribution is 2.31. The fraction of sp³-hybridized carbons (Fsp3) is 0.412. The molecule has 0 saturated heterocycles. The average molecular weight is 296 g/mol. The molecule has 2 aromatic rings. The van der Waals surface area contributed by atoms with Crippen LogP contribution in [0.2, 0.25) is 0 Å². The van der Waals surface area contributed by atoms with Crippen molar-refractivity contribution >= 4 is 11.6 Å². The van der Waals surface area contributed by atoms with Crippen molar-refractivity contribution in [2.45, 2.75) is 25.9 Å². The second-order valence-corrected chi connectivity index (χ2v) is 6.14. The molecule has 2 heterocycles. The fourth-order valence-corrected chi connectivity index (χ4v) is 3.03. The highest BCUT2D eigenvalue weighted by Gasteiger charge is 2.24. The second kappa shape index (κ2) is 5.48. The van der Waals surface area contributed by atoms with Crippen LogP contribution in [0.3, 0.4) is 0 Å². The van der Waals surface area contributed by atoms with Crippen LogP contribution in [0.1, 0.15) is 28.9 Å². The third-order valence-electron chi connectivity index (χ3n) is 4.44. The van der Waals surface area contributed by atoms with E-state index in [1.54, 1.807) is 0 Å². The lowest BCUT2D eigenvalue weighted by Gasteiger charge is -2.24. The third kappa shape index (κ3) is 2.58. The van der Waals surface area contributed by atoms with Gasteiger partial charge in [-0.1, -0.05) is 12.1 Å². The summed E-state index contributed by atoms with van der Waals surface area (Å²) in [5.74, 6) is 0.822. The minimum Gasteiger partial charge on any atom is -0.363 e. The minimum atomic E-state index is 0.0181. The van der Waals surface area contributed by atoms with Gasteiger partial charge in [0, 0.05) is 31.5 Å². The maximum absolute atomic E-state index is 12.1. The number of para-hydroxylation sites is 1. The van der Waals surface area contributed by atoms with E-state index in [0.29, 0.717) is 6.54 Å². The van der Waals surface area contributed by atoms with Gasteiger partial charge in [0.15, 0.2) is 0 Å². The predicted molar refractivity (Wildman–Crippen MR) is 84.8 cm³/mol. The molecular formula is C17H20N4O. The van der Waals surface area contributed by atoms with Gasteiger partial charge in [0.1, 0.15) is 0 Å². The molecule has 0 radical (unpaired) electrons. The zero-order chi connectivity index (χ0) is 14.9. The predicted octanol–water partition coefficient (Wildman–Crippen LogP) is 2.04. The topological polar surface area (TPSA) is 50.2 Å². The number of hydrogen-bond acceptors (Lipinski definition) is 3. The van der Waals surface area contributed by atoms with Gasteiger partial charge in [0.05, 0.1) is 17.8 Å². The number of carbonyl (C=O) groups excluding carboxylic acids is 1. The first-order chi connectivity index (χ1) is 10.8. The van der Waals surface area contributed by atoms with Crippen LogP contribution in [0.4, 0.5) is 5.69 Å². The largest absolute Gasteiger partial charge is 0.363 e. The third-order valence-corrected chi connectivity index (χ3v) is 4.44. The molecule has 5 heteroatoms. The molecule has 1 N–H and O–H groups in total. The standard InChI is InChI=1S/C17H20N4O/c22-17-15-3-1-2-4-16(15)20(10-9-18-17)12-14-7-8-19-21(14)11-13-5-6-13/h1-4,7-8,13H,5-6,9-12H2,(H,18,22). The highest BCUT2D eigenvalue weighted by molar-refractivity contribution is 6.00. The van der Waals surface area contributed by atoms with Gasteiger partial charge < -0.3 is 10.2 Å². The van der Waals surface area contributed by atoms with Crippen molar-refractivity contribution in [3.05, 3.63) is 47.8 Å². The van der Waals surface area contributed by atoms with Crippen LogP contribution < -0.4 is 10.2 Å². The molecule has 22 heavy (non-hydrogen) atoms. The average Bonchev–Trinajstić information content (AvgIpc) is 3.27. The summed E-state index contributed by atoms with van der Waals surface area (Å²) in [5.41, 5.74) is 2.99. The molecule has 0 atom stereocenters. The molecule has 1 saturated carbocycles. The molecule has 1 aliphatic heterocycles. The van der Waals surface area contributed by atoms with Crippen LogP contribution in [0.15, 0.2) is 36.5 Å². The van der Waals surface area contributed by atoms with E-state index < -0.39 is 0 Å². The lowest BCUT2D eigenvalue weighted by molar-refractivity contribution is 0.0958. The van der Waals surface area contributed by atoms with Gasteiger partial charge in [-0.2, -0.15) is 5.10 Å². The summed E-state index contributed by atoms with van der Waals surface area (Å²) < 4.78 is 2.13. The Morgan fingerprint density at radius 3 is 2.95 bits per heavy atom. The quantitative estimate of drug-likeness (QED) is 0.939. The molecule has 1 aliphatic carbocycles. The normalized spacial score (nSPS) is 17.8. The summed E-state index contributed by atoms with van der Waals surface area (Å²) in [6.07, 6.45) is 4.53.